The van der Waals surface area contributed by atoms with Crippen LogP contribution in [-0.2, 0) is 0 Å². The zero-order valence-corrected chi connectivity index (χ0v) is 17.9. The molecule has 0 bridgehead atoms. The number of carbonyl (C=O) groups is 1. The van der Waals surface area contributed by atoms with E-state index in [-0.39, 0.29) is 17.5 Å². The Morgan fingerprint density at radius 1 is 1.03 bits per heavy atom. The van der Waals surface area contributed by atoms with Crippen molar-refractivity contribution in [1.82, 2.24) is 9.97 Å². The quantitative estimate of drug-likeness (QED) is 0.355. The van der Waals surface area contributed by atoms with Crippen molar-refractivity contribution in [3.05, 3.63) is 71.9 Å². The van der Waals surface area contributed by atoms with Gasteiger partial charge in [0.05, 0.1) is 23.0 Å². The van der Waals surface area contributed by atoms with Crippen molar-refractivity contribution in [1.29, 1.82) is 0 Å². The molecule has 174 valence electrons. The van der Waals surface area contributed by atoms with E-state index in [9.17, 15) is 27.5 Å². The largest absolute Gasteiger partial charge is 0.388 e. The Hall–Kier alpha value is -3.73. The Labute approximate surface area is 187 Å². The number of benzene rings is 2. The number of nitrogens with zero attached hydrogens (tertiary/aromatic N) is 3. The molecule has 0 fully saturated rings. The normalized spacial score (nSPS) is 12.2. The lowest BCUT2D eigenvalue weighted by molar-refractivity contribution is 0.0646. The van der Waals surface area contributed by atoms with Crippen LogP contribution in [-0.4, -0.2) is 32.7 Å². The van der Waals surface area contributed by atoms with Crippen LogP contribution >= 0.6 is 0 Å². The number of hydrogen-bond donors (Lipinski definition) is 3. The summed E-state index contributed by atoms with van der Waals surface area (Å²) in [5.74, 6) is -4.44. The first-order valence-corrected chi connectivity index (χ1v) is 9.79. The van der Waals surface area contributed by atoms with E-state index in [1.165, 1.54) is 24.4 Å². The van der Waals surface area contributed by atoms with Crippen molar-refractivity contribution in [3.8, 4) is 0 Å². The fraction of sp³-hybridized carbons (Fsp3) is 0.227. The molecule has 1 aromatic heterocycles. The molecule has 1 heterocycles. The summed E-state index contributed by atoms with van der Waals surface area (Å²) in [4.78, 5) is 22.3. The topological polar surface area (TPSA) is 90.4 Å². The zero-order valence-electron chi connectivity index (χ0n) is 17.9. The monoisotopic (exact) mass is 463 g/mol. The van der Waals surface area contributed by atoms with Crippen molar-refractivity contribution >= 4 is 29.2 Å². The number of rotatable bonds is 6. The Morgan fingerprint density at radius 3 is 2.30 bits per heavy atom. The van der Waals surface area contributed by atoms with Gasteiger partial charge in [-0.25, -0.2) is 32.2 Å². The van der Waals surface area contributed by atoms with Gasteiger partial charge in [0, 0.05) is 24.4 Å². The summed E-state index contributed by atoms with van der Waals surface area (Å²) in [6, 6.07) is 5.49. The molecule has 3 rings (SSSR count). The first kappa shape index (κ1) is 23.9. The Balaban J connectivity index is 1.99. The van der Waals surface area contributed by atoms with Gasteiger partial charge in [-0.05, 0) is 45.0 Å². The molecule has 0 aliphatic heterocycles. The number of hydrogen-bond acceptors (Lipinski definition) is 5. The molecule has 0 saturated carbocycles. The number of carbonyl (C=O) groups excluding carboxylic acids is 1. The van der Waals surface area contributed by atoms with E-state index in [2.05, 4.69) is 20.6 Å². The molecule has 3 N–H and O–H groups in total. The van der Waals surface area contributed by atoms with Crippen LogP contribution in [0.25, 0.3) is 0 Å². The number of amides is 2. The van der Waals surface area contributed by atoms with Crippen LogP contribution in [0, 0.1) is 23.3 Å². The van der Waals surface area contributed by atoms with Crippen LogP contribution in [0.4, 0.5) is 45.5 Å². The average molecular weight is 463 g/mol. The van der Waals surface area contributed by atoms with Gasteiger partial charge in [-0.1, -0.05) is 0 Å². The number of halogens is 4. The summed E-state index contributed by atoms with van der Waals surface area (Å²) in [6.45, 7) is 4.87. The first-order chi connectivity index (χ1) is 15.5. The lowest BCUT2D eigenvalue weighted by atomic mass is 10.0. The molecule has 1 unspecified atom stereocenters. The molecule has 11 heteroatoms. The summed E-state index contributed by atoms with van der Waals surface area (Å²) < 4.78 is 54.3. The number of urea groups is 1. The molecule has 0 radical (unpaired) electrons. The molecule has 0 aliphatic rings. The molecule has 2 amide bonds. The van der Waals surface area contributed by atoms with E-state index in [1.807, 2.05) is 0 Å². The smallest absolute Gasteiger partial charge is 0.332 e. The lowest BCUT2D eigenvalue weighted by Gasteiger charge is -2.27. The summed E-state index contributed by atoms with van der Waals surface area (Å²) >= 11 is 0. The second kappa shape index (κ2) is 9.41. The highest BCUT2D eigenvalue weighted by molar-refractivity contribution is 6.06. The van der Waals surface area contributed by atoms with E-state index in [4.69, 9.17) is 0 Å². The van der Waals surface area contributed by atoms with Crippen LogP contribution in [0.3, 0.4) is 0 Å². The maximum Gasteiger partial charge on any atom is 0.332 e. The zero-order chi connectivity index (χ0) is 24.3. The maximum atomic E-state index is 14.1. The van der Waals surface area contributed by atoms with E-state index in [0.717, 1.165) is 17.0 Å². The van der Waals surface area contributed by atoms with Gasteiger partial charge in [-0.3, -0.25) is 0 Å². The second-order valence-corrected chi connectivity index (χ2v) is 7.75. The molecule has 3 aromatic rings. The summed E-state index contributed by atoms with van der Waals surface area (Å²) in [6.07, 6.45) is 1.34. The van der Waals surface area contributed by atoms with E-state index >= 15 is 0 Å². The second-order valence-electron chi connectivity index (χ2n) is 7.75. The molecule has 0 spiro atoms. The predicted molar refractivity (Wildman–Crippen MR) is 115 cm³/mol. The minimum absolute atomic E-state index is 0.00236. The van der Waals surface area contributed by atoms with Crippen molar-refractivity contribution in [3.63, 3.8) is 0 Å². The van der Waals surface area contributed by atoms with Crippen LogP contribution in [0.1, 0.15) is 20.8 Å². The van der Waals surface area contributed by atoms with Crippen LogP contribution in [0.5, 0.6) is 0 Å². The molecular formula is C22H21F4N5O2. The van der Waals surface area contributed by atoms with Crippen molar-refractivity contribution in [2.24, 2.45) is 0 Å². The minimum Gasteiger partial charge on any atom is -0.388 e. The van der Waals surface area contributed by atoms with Gasteiger partial charge in [0.15, 0.2) is 11.6 Å². The highest BCUT2D eigenvalue weighted by Gasteiger charge is 2.25. The highest BCUT2D eigenvalue weighted by atomic mass is 19.2. The third-order valence-electron chi connectivity index (χ3n) is 4.81. The van der Waals surface area contributed by atoms with E-state index in [1.54, 1.807) is 20.8 Å². The average Bonchev–Trinajstić information content (AvgIpc) is 2.73. The van der Waals surface area contributed by atoms with Gasteiger partial charge in [-0.2, -0.15) is 4.98 Å². The molecular weight excluding hydrogens is 442 g/mol. The van der Waals surface area contributed by atoms with Gasteiger partial charge in [0.1, 0.15) is 17.5 Å². The van der Waals surface area contributed by atoms with Crippen molar-refractivity contribution < 1.29 is 27.5 Å². The summed E-state index contributed by atoms with van der Waals surface area (Å²) in [5.41, 5.74) is -1.57. The lowest BCUT2D eigenvalue weighted by Crippen LogP contribution is -2.40. The molecule has 0 saturated heterocycles. The van der Waals surface area contributed by atoms with E-state index in [0.29, 0.717) is 12.1 Å². The fourth-order valence-electron chi connectivity index (χ4n) is 2.65. The number of nitrogens with one attached hydrogen (secondary N) is 2. The van der Waals surface area contributed by atoms with Crippen LogP contribution in [0.2, 0.25) is 0 Å². The Kier molecular flexibility index (Phi) is 6.82. The van der Waals surface area contributed by atoms with Gasteiger partial charge in [0.25, 0.3) is 0 Å². The van der Waals surface area contributed by atoms with Gasteiger partial charge in [-0.15, -0.1) is 0 Å². The minimum atomic E-state index is -1.41. The van der Waals surface area contributed by atoms with Gasteiger partial charge in [0.2, 0.25) is 5.95 Å². The highest BCUT2D eigenvalue weighted by Crippen LogP contribution is 2.27. The Morgan fingerprint density at radius 2 is 1.67 bits per heavy atom. The maximum absolute atomic E-state index is 14.1. The van der Waals surface area contributed by atoms with Gasteiger partial charge >= 0.3 is 6.03 Å². The number of aromatic nitrogens is 2. The molecule has 7 nitrogen and oxygen atoms in total. The Bertz CT molecular complexity index is 1150. The summed E-state index contributed by atoms with van der Waals surface area (Å²) in [5, 5.41) is 15.2. The molecule has 0 aliphatic carbocycles. The molecule has 33 heavy (non-hydrogen) atoms. The standard InChI is InChI=1S/C22H21F4N5O2/c1-12(22(2,3)33)28-20-27-9-8-19(30-20)31(14-6-4-13(23)5-7-14)21(32)29-18-11-16(25)15(24)10-17(18)26/h4-12,33H,1-3H3,(H,29,32)(H,27,28,30). The van der Waals surface area contributed by atoms with Crippen molar-refractivity contribution in [2.75, 3.05) is 15.5 Å². The SMILES string of the molecule is CC(Nc1nccc(N(C(=O)Nc2cc(F)c(F)cc2F)c2ccc(F)cc2)n1)C(C)(C)O. The fourth-order valence-corrected chi connectivity index (χ4v) is 2.65. The first-order valence-electron chi connectivity index (χ1n) is 9.79. The molecule has 2 aromatic carbocycles. The van der Waals surface area contributed by atoms with Gasteiger partial charge < -0.3 is 15.7 Å². The number of anilines is 4. The third kappa shape index (κ3) is 5.75. The summed E-state index contributed by atoms with van der Waals surface area (Å²) in [7, 11) is 0. The third-order valence-corrected chi connectivity index (χ3v) is 4.81. The molecule has 1 atom stereocenters. The van der Waals surface area contributed by atoms with Crippen molar-refractivity contribution in [2.45, 2.75) is 32.4 Å². The van der Waals surface area contributed by atoms with E-state index < -0.39 is 46.6 Å². The van der Waals surface area contributed by atoms with Crippen LogP contribution in [0.15, 0.2) is 48.7 Å². The predicted octanol–water partition coefficient (Wildman–Crippen LogP) is 4.97. The van der Waals surface area contributed by atoms with Crippen LogP contribution < -0.4 is 15.5 Å². The number of aliphatic hydroxyl groups is 1.